The second kappa shape index (κ2) is 6.37. The van der Waals surface area contributed by atoms with Gasteiger partial charge in [0.25, 0.3) is 11.8 Å². The summed E-state index contributed by atoms with van der Waals surface area (Å²) in [5.41, 5.74) is 3.07. The van der Waals surface area contributed by atoms with Crippen LogP contribution < -0.4 is 15.4 Å². The van der Waals surface area contributed by atoms with Crippen molar-refractivity contribution in [2.45, 2.75) is 6.92 Å². The number of carbonyl (C=O) groups excluding carboxylic acids is 2. The molecule has 0 aromatic heterocycles. The number of hydrogen-bond donors (Lipinski definition) is 2. The first-order valence-corrected chi connectivity index (χ1v) is 8.20. The Balaban J connectivity index is 1.63. The van der Waals surface area contributed by atoms with Gasteiger partial charge in [-0.25, -0.2) is 0 Å². The van der Waals surface area contributed by atoms with Crippen LogP contribution >= 0.6 is 0 Å². The van der Waals surface area contributed by atoms with Crippen molar-refractivity contribution >= 4 is 23.2 Å². The summed E-state index contributed by atoms with van der Waals surface area (Å²) >= 11 is 0. The highest BCUT2D eigenvalue weighted by molar-refractivity contribution is 6.10. The summed E-state index contributed by atoms with van der Waals surface area (Å²) in [4.78, 5) is 24.9. The van der Waals surface area contributed by atoms with Crippen LogP contribution in [0.5, 0.6) is 11.5 Å². The number of anilines is 2. The van der Waals surface area contributed by atoms with Crippen molar-refractivity contribution in [2.24, 2.45) is 0 Å². The maximum absolute atomic E-state index is 12.5. The van der Waals surface area contributed by atoms with Gasteiger partial charge in [-0.3, -0.25) is 9.59 Å². The Hall–Kier alpha value is -3.60. The van der Waals surface area contributed by atoms with Crippen LogP contribution in [0.15, 0.2) is 66.7 Å². The van der Waals surface area contributed by atoms with Crippen molar-refractivity contribution in [2.75, 3.05) is 10.6 Å². The Kier molecular flexibility index (Phi) is 3.89. The second-order valence-corrected chi connectivity index (χ2v) is 6.09. The topological polar surface area (TPSA) is 67.4 Å². The van der Waals surface area contributed by atoms with E-state index in [9.17, 15) is 9.59 Å². The van der Waals surface area contributed by atoms with Crippen LogP contribution in [0.3, 0.4) is 0 Å². The summed E-state index contributed by atoms with van der Waals surface area (Å²) in [6.07, 6.45) is 0. The molecule has 3 aromatic carbocycles. The van der Waals surface area contributed by atoms with Crippen molar-refractivity contribution in [3.63, 3.8) is 0 Å². The molecule has 5 nitrogen and oxygen atoms in total. The molecule has 0 saturated heterocycles. The third-order valence-corrected chi connectivity index (χ3v) is 4.12. The van der Waals surface area contributed by atoms with E-state index in [0.29, 0.717) is 34.0 Å². The quantitative estimate of drug-likeness (QED) is 0.713. The van der Waals surface area contributed by atoms with Gasteiger partial charge in [0.05, 0.1) is 11.3 Å². The smallest absolute Gasteiger partial charge is 0.259 e. The summed E-state index contributed by atoms with van der Waals surface area (Å²) in [6, 6.07) is 19.6. The largest absolute Gasteiger partial charge is 0.454 e. The van der Waals surface area contributed by atoms with E-state index in [1.807, 2.05) is 37.3 Å². The first-order chi connectivity index (χ1) is 12.6. The molecule has 4 rings (SSSR count). The number of carbonyl (C=O) groups is 2. The monoisotopic (exact) mass is 344 g/mol. The highest BCUT2D eigenvalue weighted by Gasteiger charge is 2.21. The van der Waals surface area contributed by atoms with Gasteiger partial charge in [-0.15, -0.1) is 0 Å². The predicted octanol–water partition coefficient (Wildman–Crippen LogP) is 4.61. The fourth-order valence-corrected chi connectivity index (χ4v) is 2.83. The average Bonchev–Trinajstić information content (AvgIpc) is 2.77. The first kappa shape index (κ1) is 15.9. The van der Waals surface area contributed by atoms with E-state index in [-0.39, 0.29) is 11.8 Å². The van der Waals surface area contributed by atoms with E-state index >= 15 is 0 Å². The van der Waals surface area contributed by atoms with E-state index in [4.69, 9.17) is 4.74 Å². The van der Waals surface area contributed by atoms with Crippen LogP contribution in [-0.4, -0.2) is 11.8 Å². The lowest BCUT2D eigenvalue weighted by atomic mass is 10.1. The van der Waals surface area contributed by atoms with Crippen LogP contribution in [0.2, 0.25) is 0 Å². The molecule has 1 heterocycles. The number of ether oxygens (including phenoxy) is 1. The fraction of sp³-hybridized carbons (Fsp3) is 0.0476. The van der Waals surface area contributed by atoms with E-state index in [1.54, 1.807) is 36.4 Å². The number of aryl methyl sites for hydroxylation is 1. The summed E-state index contributed by atoms with van der Waals surface area (Å²) in [7, 11) is 0. The van der Waals surface area contributed by atoms with Gasteiger partial charge >= 0.3 is 0 Å². The van der Waals surface area contributed by atoms with Crippen molar-refractivity contribution < 1.29 is 14.3 Å². The zero-order valence-electron chi connectivity index (χ0n) is 14.1. The Morgan fingerprint density at radius 3 is 2.65 bits per heavy atom. The Morgan fingerprint density at radius 1 is 0.962 bits per heavy atom. The van der Waals surface area contributed by atoms with Crippen molar-refractivity contribution in [3.05, 3.63) is 83.4 Å². The Labute approximate surface area is 150 Å². The number of hydrogen-bond acceptors (Lipinski definition) is 3. The summed E-state index contributed by atoms with van der Waals surface area (Å²) < 4.78 is 5.84. The molecule has 0 bridgehead atoms. The molecule has 2 N–H and O–H groups in total. The van der Waals surface area contributed by atoms with E-state index in [0.717, 1.165) is 5.56 Å². The molecule has 0 atom stereocenters. The fourth-order valence-electron chi connectivity index (χ4n) is 2.83. The van der Waals surface area contributed by atoms with E-state index in [2.05, 4.69) is 10.6 Å². The number of benzene rings is 3. The molecule has 1 aliphatic rings. The zero-order chi connectivity index (χ0) is 18.1. The van der Waals surface area contributed by atoms with Crippen molar-refractivity contribution in [1.82, 2.24) is 0 Å². The van der Waals surface area contributed by atoms with Gasteiger partial charge in [0.15, 0.2) is 5.75 Å². The summed E-state index contributed by atoms with van der Waals surface area (Å²) in [5.74, 6) is 0.514. The van der Waals surface area contributed by atoms with Gasteiger partial charge in [0, 0.05) is 11.3 Å². The molecule has 0 radical (unpaired) electrons. The molecule has 1 aliphatic heterocycles. The molecule has 128 valence electrons. The molecule has 2 amide bonds. The molecule has 26 heavy (non-hydrogen) atoms. The van der Waals surface area contributed by atoms with Gasteiger partial charge < -0.3 is 15.4 Å². The molecule has 0 unspecified atom stereocenters. The number of para-hydroxylation sites is 2. The number of amides is 2. The van der Waals surface area contributed by atoms with Crippen LogP contribution in [0.1, 0.15) is 26.3 Å². The standard InChI is InChI=1S/C21H16N2O3/c1-13-5-4-6-14(11-13)20(24)22-15-9-10-18-16(12-15)21(25)23-17-7-2-3-8-19(17)26-18/h2-12H,1H3,(H,22,24)(H,23,25). The summed E-state index contributed by atoms with van der Waals surface area (Å²) in [5, 5.41) is 5.64. The number of rotatable bonds is 2. The molecule has 0 aliphatic carbocycles. The van der Waals surface area contributed by atoms with Gasteiger partial charge in [-0.2, -0.15) is 0 Å². The summed E-state index contributed by atoms with van der Waals surface area (Å²) in [6.45, 7) is 1.93. The van der Waals surface area contributed by atoms with Gasteiger partial charge in [-0.05, 0) is 49.4 Å². The lowest BCUT2D eigenvalue weighted by Gasteiger charge is -2.10. The van der Waals surface area contributed by atoms with E-state index < -0.39 is 0 Å². The minimum absolute atomic E-state index is 0.230. The zero-order valence-corrected chi connectivity index (χ0v) is 14.1. The normalized spacial score (nSPS) is 12.1. The van der Waals surface area contributed by atoms with Crippen LogP contribution in [-0.2, 0) is 0 Å². The predicted molar refractivity (Wildman–Crippen MR) is 100 cm³/mol. The van der Waals surface area contributed by atoms with Crippen molar-refractivity contribution in [3.8, 4) is 11.5 Å². The maximum atomic E-state index is 12.5. The third-order valence-electron chi connectivity index (χ3n) is 4.12. The number of fused-ring (bicyclic) bond motifs is 2. The van der Waals surface area contributed by atoms with Gasteiger partial charge in [0.2, 0.25) is 0 Å². The lowest BCUT2D eigenvalue weighted by molar-refractivity contribution is 0.101. The van der Waals surface area contributed by atoms with Crippen LogP contribution in [0.25, 0.3) is 0 Å². The third kappa shape index (κ3) is 3.02. The molecular weight excluding hydrogens is 328 g/mol. The van der Waals surface area contributed by atoms with Gasteiger partial charge in [0.1, 0.15) is 5.75 Å². The van der Waals surface area contributed by atoms with E-state index in [1.165, 1.54) is 0 Å². The molecular formula is C21H16N2O3. The van der Waals surface area contributed by atoms with Crippen molar-refractivity contribution in [1.29, 1.82) is 0 Å². The highest BCUT2D eigenvalue weighted by atomic mass is 16.5. The maximum Gasteiger partial charge on any atom is 0.259 e. The van der Waals surface area contributed by atoms with Crippen LogP contribution in [0.4, 0.5) is 11.4 Å². The first-order valence-electron chi connectivity index (χ1n) is 8.20. The Bertz CT molecular complexity index is 1030. The lowest BCUT2D eigenvalue weighted by Crippen LogP contribution is -2.14. The van der Waals surface area contributed by atoms with Crippen LogP contribution in [0, 0.1) is 6.92 Å². The minimum atomic E-state index is -0.281. The SMILES string of the molecule is Cc1cccc(C(=O)Nc2ccc3c(c2)C(=O)Nc2ccccc2O3)c1. The molecule has 0 saturated carbocycles. The minimum Gasteiger partial charge on any atom is -0.454 e. The highest BCUT2D eigenvalue weighted by Crippen LogP contribution is 2.36. The molecule has 3 aromatic rings. The number of nitrogens with one attached hydrogen (secondary N) is 2. The second-order valence-electron chi connectivity index (χ2n) is 6.09. The molecule has 5 heteroatoms. The van der Waals surface area contributed by atoms with Gasteiger partial charge in [-0.1, -0.05) is 29.8 Å². The average molecular weight is 344 g/mol. The molecule has 0 fully saturated rings. The Morgan fingerprint density at radius 2 is 1.81 bits per heavy atom. The molecule has 0 spiro atoms.